The van der Waals surface area contributed by atoms with E-state index in [-0.39, 0.29) is 0 Å². The van der Waals surface area contributed by atoms with Crippen molar-refractivity contribution in [3.8, 4) is 0 Å². The van der Waals surface area contributed by atoms with Gasteiger partial charge in [-0.2, -0.15) is 0 Å². The number of nitrogens with zero attached hydrogens (tertiary/aromatic N) is 4. The summed E-state index contributed by atoms with van der Waals surface area (Å²) in [6.45, 7) is 16.0. The summed E-state index contributed by atoms with van der Waals surface area (Å²) < 4.78 is 5.58. The van der Waals surface area contributed by atoms with E-state index in [1.807, 2.05) is 6.92 Å². The molecule has 0 bridgehead atoms. The van der Waals surface area contributed by atoms with Gasteiger partial charge in [0.15, 0.2) is 0 Å². The smallest absolute Gasteiger partial charge is 0.136 e. The highest BCUT2D eigenvalue weighted by Crippen LogP contribution is 2.26. The molecule has 1 fully saturated rings. The maximum absolute atomic E-state index is 10.3. The molecular weight excluding hydrogens is 400 g/mol. The van der Waals surface area contributed by atoms with Gasteiger partial charge in [0, 0.05) is 57.0 Å². The van der Waals surface area contributed by atoms with E-state index in [4.69, 9.17) is 9.72 Å². The van der Waals surface area contributed by atoms with Crippen LogP contribution in [0.15, 0.2) is 18.2 Å². The van der Waals surface area contributed by atoms with E-state index >= 15 is 0 Å². The highest BCUT2D eigenvalue weighted by molar-refractivity contribution is 5.52. The third kappa shape index (κ3) is 6.74. The molecule has 1 aliphatic heterocycles. The van der Waals surface area contributed by atoms with Crippen LogP contribution in [-0.4, -0.2) is 72.0 Å². The molecule has 32 heavy (non-hydrogen) atoms. The number of hydrogen-bond acceptors (Lipinski definition) is 6. The monoisotopic (exact) mass is 440 g/mol. The van der Waals surface area contributed by atoms with E-state index in [1.165, 1.54) is 22.3 Å². The van der Waals surface area contributed by atoms with Crippen molar-refractivity contribution in [1.82, 2.24) is 14.9 Å². The maximum Gasteiger partial charge on any atom is 0.136 e. The zero-order chi connectivity index (χ0) is 23.1. The fourth-order valence-electron chi connectivity index (χ4n) is 4.33. The fourth-order valence-corrected chi connectivity index (χ4v) is 4.33. The first-order valence-electron chi connectivity index (χ1n) is 12.0. The van der Waals surface area contributed by atoms with Gasteiger partial charge in [0.1, 0.15) is 11.6 Å². The molecule has 3 rings (SSSR count). The highest BCUT2D eigenvalue weighted by Gasteiger charge is 2.24. The lowest BCUT2D eigenvalue weighted by Crippen LogP contribution is -2.49. The number of ether oxygens (including phenoxy) is 1. The van der Waals surface area contributed by atoms with Crippen LogP contribution >= 0.6 is 0 Å². The van der Waals surface area contributed by atoms with Gasteiger partial charge in [-0.25, -0.2) is 9.97 Å². The molecule has 1 atom stereocenters. The summed E-state index contributed by atoms with van der Waals surface area (Å²) >= 11 is 0. The Morgan fingerprint density at radius 3 is 2.53 bits per heavy atom. The zero-order valence-electron chi connectivity index (χ0n) is 20.5. The van der Waals surface area contributed by atoms with Gasteiger partial charge in [-0.15, -0.1) is 0 Å². The summed E-state index contributed by atoms with van der Waals surface area (Å²) in [6, 6.07) is 6.64. The Hall–Kier alpha value is -2.02. The van der Waals surface area contributed by atoms with Crippen molar-refractivity contribution < 1.29 is 9.84 Å². The minimum atomic E-state index is -0.429. The highest BCUT2D eigenvalue weighted by atomic mass is 16.5. The summed E-state index contributed by atoms with van der Waals surface area (Å²) in [5.74, 6) is 1.89. The number of benzene rings is 1. The number of unbranched alkanes of at least 4 members (excludes halogenated alkanes) is 1. The van der Waals surface area contributed by atoms with E-state index in [0.29, 0.717) is 13.2 Å². The van der Waals surface area contributed by atoms with Crippen molar-refractivity contribution >= 4 is 5.82 Å². The number of piperazine rings is 1. The summed E-state index contributed by atoms with van der Waals surface area (Å²) in [5.41, 5.74) is 6.22. The van der Waals surface area contributed by atoms with Crippen molar-refractivity contribution in [1.29, 1.82) is 0 Å². The number of aliphatic hydroxyl groups excluding tert-OH is 1. The number of anilines is 1. The number of aliphatic hydroxyl groups is 1. The van der Waals surface area contributed by atoms with Gasteiger partial charge in [0.25, 0.3) is 0 Å². The Morgan fingerprint density at radius 2 is 1.81 bits per heavy atom. The molecule has 6 nitrogen and oxygen atoms in total. The van der Waals surface area contributed by atoms with E-state index in [2.05, 4.69) is 60.7 Å². The van der Waals surface area contributed by atoms with Gasteiger partial charge in [-0.3, -0.25) is 4.90 Å². The Labute approximate surface area is 193 Å². The molecular formula is C26H40N4O2. The second-order valence-electron chi connectivity index (χ2n) is 9.14. The minimum absolute atomic E-state index is 0.421. The normalized spacial score (nSPS) is 15.9. The molecule has 1 N–H and O–H groups in total. The molecule has 0 saturated carbocycles. The number of aryl methyl sites for hydroxylation is 4. The molecule has 0 spiro atoms. The largest absolute Gasteiger partial charge is 0.389 e. The lowest BCUT2D eigenvalue weighted by Gasteiger charge is -2.37. The SMILES string of the molecule is CCCCOC[C@@H](O)CN1CCN(c2nc(C)nc(C)c2Cc2cc(C)ccc2C)CC1. The van der Waals surface area contributed by atoms with Crippen molar-refractivity contribution in [2.75, 3.05) is 50.8 Å². The molecule has 1 aliphatic rings. The first kappa shape index (κ1) is 24.6. The fraction of sp³-hybridized carbons (Fsp3) is 0.615. The molecule has 1 aromatic heterocycles. The second-order valence-corrected chi connectivity index (χ2v) is 9.14. The summed E-state index contributed by atoms with van der Waals surface area (Å²) in [5, 5.41) is 10.3. The topological polar surface area (TPSA) is 61.7 Å². The maximum atomic E-state index is 10.3. The van der Waals surface area contributed by atoms with Gasteiger partial charge in [0.05, 0.1) is 12.7 Å². The van der Waals surface area contributed by atoms with E-state index in [1.54, 1.807) is 0 Å². The zero-order valence-corrected chi connectivity index (χ0v) is 20.5. The first-order chi connectivity index (χ1) is 15.4. The third-order valence-electron chi connectivity index (χ3n) is 6.27. The Kier molecular flexibility index (Phi) is 9.02. The average molecular weight is 441 g/mol. The van der Waals surface area contributed by atoms with Gasteiger partial charge in [-0.1, -0.05) is 37.1 Å². The quantitative estimate of drug-likeness (QED) is 0.570. The third-order valence-corrected chi connectivity index (χ3v) is 6.27. The van der Waals surface area contributed by atoms with Crippen LogP contribution < -0.4 is 4.90 Å². The van der Waals surface area contributed by atoms with Crippen LogP contribution in [0.2, 0.25) is 0 Å². The van der Waals surface area contributed by atoms with Gasteiger partial charge in [0.2, 0.25) is 0 Å². The number of aromatic nitrogens is 2. The molecule has 6 heteroatoms. The summed E-state index contributed by atoms with van der Waals surface area (Å²) in [4.78, 5) is 14.3. The van der Waals surface area contributed by atoms with Crippen LogP contribution in [0.4, 0.5) is 5.82 Å². The summed E-state index contributed by atoms with van der Waals surface area (Å²) in [6.07, 6.45) is 2.59. The lowest BCUT2D eigenvalue weighted by molar-refractivity contribution is 0.0150. The standard InChI is InChI=1S/C26H40N4O2/c1-6-7-14-32-18-24(31)17-29-10-12-30(13-11-29)26-25(21(4)27-22(5)28-26)16-23-15-19(2)8-9-20(23)3/h8-9,15,24,31H,6-7,10-14,16-18H2,1-5H3/t24-/m0/s1. The molecule has 0 radical (unpaired) electrons. The number of hydrogen-bond donors (Lipinski definition) is 1. The van der Waals surface area contributed by atoms with Crippen LogP contribution in [0.25, 0.3) is 0 Å². The van der Waals surface area contributed by atoms with Crippen molar-refractivity contribution in [2.24, 2.45) is 0 Å². The average Bonchev–Trinajstić information content (AvgIpc) is 2.76. The van der Waals surface area contributed by atoms with Crippen LogP contribution in [0.1, 0.15) is 53.5 Å². The number of rotatable bonds is 10. The molecule has 1 aromatic carbocycles. The molecule has 2 heterocycles. The summed E-state index contributed by atoms with van der Waals surface area (Å²) in [7, 11) is 0. The van der Waals surface area contributed by atoms with Gasteiger partial charge >= 0.3 is 0 Å². The predicted molar refractivity (Wildman–Crippen MR) is 131 cm³/mol. The Balaban J connectivity index is 1.65. The van der Waals surface area contributed by atoms with Crippen molar-refractivity contribution in [2.45, 2.75) is 60.0 Å². The van der Waals surface area contributed by atoms with Crippen LogP contribution in [0, 0.1) is 27.7 Å². The van der Waals surface area contributed by atoms with Crippen LogP contribution in [-0.2, 0) is 11.2 Å². The molecule has 2 aromatic rings. The van der Waals surface area contributed by atoms with Crippen molar-refractivity contribution in [3.63, 3.8) is 0 Å². The molecule has 1 saturated heterocycles. The van der Waals surface area contributed by atoms with Crippen LogP contribution in [0.5, 0.6) is 0 Å². The molecule has 0 aliphatic carbocycles. The van der Waals surface area contributed by atoms with E-state index < -0.39 is 6.10 Å². The minimum Gasteiger partial charge on any atom is -0.389 e. The Morgan fingerprint density at radius 1 is 1.06 bits per heavy atom. The predicted octanol–water partition coefficient (Wildman–Crippen LogP) is 3.60. The Bertz CT molecular complexity index is 878. The van der Waals surface area contributed by atoms with E-state index in [0.717, 1.165) is 69.4 Å². The molecule has 0 unspecified atom stereocenters. The molecule has 0 amide bonds. The second kappa shape index (κ2) is 11.7. The van der Waals surface area contributed by atoms with Gasteiger partial charge in [-0.05, 0) is 45.2 Å². The first-order valence-corrected chi connectivity index (χ1v) is 12.0. The van der Waals surface area contributed by atoms with E-state index in [9.17, 15) is 5.11 Å². The van der Waals surface area contributed by atoms with Gasteiger partial charge < -0.3 is 14.7 Å². The lowest BCUT2D eigenvalue weighted by atomic mass is 9.97. The van der Waals surface area contributed by atoms with Crippen LogP contribution in [0.3, 0.4) is 0 Å². The van der Waals surface area contributed by atoms with Crippen molar-refractivity contribution in [3.05, 3.63) is 52.0 Å². The molecule has 176 valence electrons. The number of β-amino-alcohol motifs (C(OH)–C–C–N with tert-alkyl or cyclic N) is 1.